The minimum absolute atomic E-state index is 0.00715. The van der Waals surface area contributed by atoms with Crippen molar-refractivity contribution in [1.29, 1.82) is 0 Å². The number of hydrogen-bond donors (Lipinski definition) is 0. The molecule has 1 saturated heterocycles. The molecule has 0 radical (unpaired) electrons. The summed E-state index contributed by atoms with van der Waals surface area (Å²) in [6, 6.07) is 11.9. The molecule has 2 heterocycles. The van der Waals surface area contributed by atoms with Crippen LogP contribution in [0.1, 0.15) is 26.3 Å². The summed E-state index contributed by atoms with van der Waals surface area (Å²) in [5.74, 6) is 1.53. The van der Waals surface area contributed by atoms with Crippen LogP contribution in [0.2, 0.25) is 0 Å². The Labute approximate surface area is 188 Å². The number of fused-ring (bicyclic) bond motifs is 1. The van der Waals surface area contributed by atoms with Gasteiger partial charge in [0.05, 0.1) is 32.7 Å². The van der Waals surface area contributed by atoms with Gasteiger partial charge in [0, 0.05) is 41.7 Å². The van der Waals surface area contributed by atoms with Crippen LogP contribution in [0.5, 0.6) is 11.5 Å². The molecule has 1 aliphatic heterocycles. The Morgan fingerprint density at radius 2 is 1.78 bits per heavy atom. The number of benzene rings is 2. The Hall–Kier alpha value is -3.25. The summed E-state index contributed by atoms with van der Waals surface area (Å²) < 4.78 is 22.7. The highest BCUT2D eigenvalue weighted by molar-refractivity contribution is 6.00. The Kier molecular flexibility index (Phi) is 6.81. The average molecular weight is 436 g/mol. The van der Waals surface area contributed by atoms with Gasteiger partial charge in [-0.05, 0) is 50.1 Å². The minimum Gasteiger partial charge on any atom is -0.494 e. The normalized spacial score (nSPS) is 14.6. The summed E-state index contributed by atoms with van der Waals surface area (Å²) in [7, 11) is 0. The maximum Gasteiger partial charge on any atom is 0.247 e. The Balaban J connectivity index is 1.72. The summed E-state index contributed by atoms with van der Waals surface area (Å²) in [4.78, 5) is 14.6. The van der Waals surface area contributed by atoms with Gasteiger partial charge in [-0.1, -0.05) is 12.1 Å². The summed E-state index contributed by atoms with van der Waals surface area (Å²) in [6.07, 6.45) is 3.45. The molecular weight excluding hydrogens is 406 g/mol. The molecule has 0 aliphatic carbocycles. The maximum atomic E-state index is 12.8. The fourth-order valence-corrected chi connectivity index (χ4v) is 3.90. The number of morpholine rings is 1. The van der Waals surface area contributed by atoms with Crippen molar-refractivity contribution in [3.8, 4) is 22.6 Å². The Bertz CT molecular complexity index is 1110. The molecule has 0 saturated carbocycles. The van der Waals surface area contributed by atoms with Gasteiger partial charge in [0.2, 0.25) is 5.91 Å². The summed E-state index contributed by atoms with van der Waals surface area (Å²) >= 11 is 0. The molecule has 3 aromatic rings. The number of carbonyl (C=O) groups excluding carboxylic acids is 1. The number of ether oxygens (including phenoxy) is 3. The molecule has 0 spiro atoms. The van der Waals surface area contributed by atoms with Gasteiger partial charge in [-0.2, -0.15) is 0 Å². The predicted octanol–water partition coefficient (Wildman–Crippen LogP) is 5.16. The van der Waals surface area contributed by atoms with Crippen LogP contribution in [0.3, 0.4) is 0 Å². The number of allylic oxidation sites excluding steroid dienone is 1. The van der Waals surface area contributed by atoms with Gasteiger partial charge >= 0.3 is 0 Å². The molecule has 4 rings (SSSR count). The van der Waals surface area contributed by atoms with E-state index < -0.39 is 0 Å². The van der Waals surface area contributed by atoms with Crippen molar-refractivity contribution in [2.75, 3.05) is 39.5 Å². The number of carbonyl (C=O) groups is 1. The minimum atomic E-state index is -0.00715. The fraction of sp³-hybridized carbons (Fsp3) is 0.346. The topological polar surface area (TPSA) is 61.1 Å². The van der Waals surface area contributed by atoms with Gasteiger partial charge in [0.1, 0.15) is 17.1 Å². The van der Waals surface area contributed by atoms with E-state index in [9.17, 15) is 4.79 Å². The van der Waals surface area contributed by atoms with Crippen LogP contribution >= 0.6 is 0 Å². The van der Waals surface area contributed by atoms with Gasteiger partial charge in [-0.25, -0.2) is 0 Å². The number of amides is 1. The van der Waals surface area contributed by atoms with Gasteiger partial charge in [-0.3, -0.25) is 4.79 Å². The molecule has 1 aliphatic rings. The van der Waals surface area contributed by atoms with Crippen LogP contribution in [0.15, 0.2) is 53.2 Å². The lowest BCUT2D eigenvalue weighted by atomic mass is 9.99. The second-order valence-corrected chi connectivity index (χ2v) is 7.65. The number of hydrogen-bond acceptors (Lipinski definition) is 5. The first kappa shape index (κ1) is 22.0. The molecule has 0 atom stereocenters. The predicted molar refractivity (Wildman–Crippen MR) is 125 cm³/mol. The van der Waals surface area contributed by atoms with Gasteiger partial charge in [0.15, 0.2) is 0 Å². The molecule has 0 unspecified atom stereocenters. The standard InChI is InChI=1S/C26H29NO5/c1-4-30-20-8-6-19(7-9-20)23-17-32-25-16-24(31-5-2)21(15-22(23)25)18(3)14-26(28)27-10-12-29-13-11-27/h6-9,14-17H,4-5,10-13H2,1-3H3/b18-14+. The Morgan fingerprint density at radius 1 is 1.06 bits per heavy atom. The van der Waals surface area contributed by atoms with Gasteiger partial charge in [0.25, 0.3) is 0 Å². The van der Waals surface area contributed by atoms with E-state index in [-0.39, 0.29) is 5.91 Å². The molecule has 32 heavy (non-hydrogen) atoms. The summed E-state index contributed by atoms with van der Waals surface area (Å²) in [5.41, 5.74) is 4.50. The van der Waals surface area contributed by atoms with Crippen molar-refractivity contribution in [3.63, 3.8) is 0 Å². The molecular formula is C26H29NO5. The third-order valence-corrected chi connectivity index (χ3v) is 5.54. The zero-order valence-electron chi connectivity index (χ0n) is 18.8. The van der Waals surface area contributed by atoms with E-state index in [4.69, 9.17) is 18.6 Å². The third-order valence-electron chi connectivity index (χ3n) is 5.54. The molecule has 6 nitrogen and oxygen atoms in total. The first-order valence-electron chi connectivity index (χ1n) is 11.1. The molecule has 1 fully saturated rings. The highest BCUT2D eigenvalue weighted by Gasteiger charge is 2.18. The quantitative estimate of drug-likeness (QED) is 0.480. The van der Waals surface area contributed by atoms with Crippen LogP contribution in [0, 0.1) is 0 Å². The summed E-state index contributed by atoms with van der Waals surface area (Å²) in [5, 5.41) is 0.971. The second-order valence-electron chi connectivity index (χ2n) is 7.65. The molecule has 6 heteroatoms. The first-order valence-corrected chi connectivity index (χ1v) is 11.1. The lowest BCUT2D eigenvalue weighted by Crippen LogP contribution is -2.39. The number of rotatable bonds is 7. The van der Waals surface area contributed by atoms with E-state index in [0.29, 0.717) is 45.3 Å². The second kappa shape index (κ2) is 9.92. The van der Waals surface area contributed by atoms with E-state index in [1.54, 1.807) is 12.3 Å². The van der Waals surface area contributed by atoms with E-state index in [2.05, 4.69) is 0 Å². The molecule has 168 valence electrons. The van der Waals surface area contributed by atoms with Crippen molar-refractivity contribution < 1.29 is 23.4 Å². The van der Waals surface area contributed by atoms with Crippen molar-refractivity contribution in [1.82, 2.24) is 4.90 Å². The first-order chi connectivity index (χ1) is 15.6. The zero-order chi connectivity index (χ0) is 22.5. The maximum absolute atomic E-state index is 12.8. The van der Waals surface area contributed by atoms with Crippen molar-refractivity contribution in [2.24, 2.45) is 0 Å². The van der Waals surface area contributed by atoms with E-state index in [1.165, 1.54) is 0 Å². The van der Waals surface area contributed by atoms with Crippen LogP contribution in [0.25, 0.3) is 27.7 Å². The van der Waals surface area contributed by atoms with Gasteiger partial charge < -0.3 is 23.5 Å². The highest BCUT2D eigenvalue weighted by atomic mass is 16.5. The van der Waals surface area contributed by atoms with Crippen LogP contribution in [0.4, 0.5) is 0 Å². The van der Waals surface area contributed by atoms with Crippen LogP contribution < -0.4 is 9.47 Å². The molecule has 0 bridgehead atoms. The highest BCUT2D eigenvalue weighted by Crippen LogP contribution is 2.38. The van der Waals surface area contributed by atoms with Gasteiger partial charge in [-0.15, -0.1) is 0 Å². The number of furan rings is 1. The largest absolute Gasteiger partial charge is 0.494 e. The smallest absolute Gasteiger partial charge is 0.247 e. The number of nitrogens with zero attached hydrogens (tertiary/aromatic N) is 1. The summed E-state index contributed by atoms with van der Waals surface area (Å²) in [6.45, 7) is 9.40. The average Bonchev–Trinajstić information content (AvgIpc) is 3.23. The van der Waals surface area contributed by atoms with Crippen molar-refractivity contribution >= 4 is 22.4 Å². The van der Waals surface area contributed by atoms with Crippen molar-refractivity contribution in [3.05, 3.63) is 54.3 Å². The van der Waals surface area contributed by atoms with E-state index >= 15 is 0 Å². The molecule has 0 N–H and O–H groups in total. The molecule has 1 aromatic heterocycles. The monoisotopic (exact) mass is 435 g/mol. The zero-order valence-corrected chi connectivity index (χ0v) is 18.8. The lowest BCUT2D eigenvalue weighted by Gasteiger charge is -2.26. The molecule has 1 amide bonds. The third kappa shape index (κ3) is 4.65. The van der Waals surface area contributed by atoms with Crippen LogP contribution in [-0.4, -0.2) is 50.3 Å². The SMILES string of the molecule is CCOc1ccc(-c2coc3cc(OCC)c(/C(C)=C/C(=O)N4CCOCC4)cc23)cc1. The van der Waals surface area contributed by atoms with Crippen molar-refractivity contribution in [2.45, 2.75) is 20.8 Å². The fourth-order valence-electron chi connectivity index (χ4n) is 3.90. The van der Waals surface area contributed by atoms with Crippen LogP contribution in [-0.2, 0) is 9.53 Å². The van der Waals surface area contributed by atoms with E-state index in [1.807, 2.05) is 62.1 Å². The molecule has 2 aromatic carbocycles. The Morgan fingerprint density at radius 3 is 2.47 bits per heavy atom. The van der Waals surface area contributed by atoms with E-state index in [0.717, 1.165) is 39.0 Å². The lowest BCUT2D eigenvalue weighted by molar-refractivity contribution is -0.129.